The summed E-state index contributed by atoms with van der Waals surface area (Å²) in [5, 5.41) is 5.42. The fraction of sp³-hybridized carbons (Fsp3) is 0.316. The molecule has 2 atom stereocenters. The molecule has 9 heteroatoms. The van der Waals surface area contributed by atoms with Gasteiger partial charge in [0, 0.05) is 12.1 Å². The molecule has 0 radical (unpaired) electrons. The molecule has 2 aromatic rings. The maximum Gasteiger partial charge on any atom is 0.296 e. The van der Waals surface area contributed by atoms with Crippen LogP contribution in [0, 0.1) is 6.92 Å². The second-order valence-corrected chi connectivity index (χ2v) is 10.8. The van der Waals surface area contributed by atoms with Gasteiger partial charge in [0.15, 0.2) is 5.78 Å². The molecule has 0 aromatic heterocycles. The smallest absolute Gasteiger partial charge is 0.296 e. The van der Waals surface area contributed by atoms with E-state index in [1.54, 1.807) is 31.2 Å². The highest BCUT2D eigenvalue weighted by Crippen LogP contribution is 2.55. The lowest BCUT2D eigenvalue weighted by Crippen LogP contribution is -2.46. The molecule has 0 saturated heterocycles. The third-order valence-electron chi connectivity index (χ3n) is 3.90. The molecule has 0 spiro atoms. The van der Waals surface area contributed by atoms with Gasteiger partial charge in [-0.15, -0.1) is 0 Å². The van der Waals surface area contributed by atoms with Crippen molar-refractivity contribution >= 4 is 48.2 Å². The number of benzene rings is 2. The van der Waals surface area contributed by atoms with Crippen molar-refractivity contribution in [3.05, 3.63) is 71.3 Å². The lowest BCUT2D eigenvalue weighted by Gasteiger charge is -2.32. The van der Waals surface area contributed by atoms with E-state index in [0.717, 1.165) is 11.1 Å². The van der Waals surface area contributed by atoms with Crippen molar-refractivity contribution in [3.8, 4) is 0 Å². The summed E-state index contributed by atoms with van der Waals surface area (Å²) in [6.45, 7) is 3.91. The molecular weight excluding hydrogens is 442 g/mol. The summed E-state index contributed by atoms with van der Waals surface area (Å²) in [6, 6.07) is 16.2. The Hall–Kier alpha value is -1.07. The fourth-order valence-electron chi connectivity index (χ4n) is 2.47. The van der Waals surface area contributed by atoms with Crippen LogP contribution in [0.4, 0.5) is 0 Å². The molecule has 2 rings (SSSR count). The molecule has 0 fully saturated rings. The van der Waals surface area contributed by atoms with Crippen LogP contribution in [0.15, 0.2) is 54.6 Å². The van der Waals surface area contributed by atoms with E-state index in [1.165, 1.54) is 0 Å². The van der Waals surface area contributed by atoms with Crippen LogP contribution < -0.4 is 10.4 Å². The van der Waals surface area contributed by atoms with Crippen molar-refractivity contribution in [2.75, 3.05) is 6.61 Å². The first-order valence-electron chi connectivity index (χ1n) is 8.63. The lowest BCUT2D eigenvalue weighted by atomic mass is 10.1. The zero-order valence-electron chi connectivity index (χ0n) is 15.5. The Balaban J connectivity index is 2.26. The van der Waals surface area contributed by atoms with E-state index in [0.29, 0.717) is 5.56 Å². The number of halogens is 3. The second-order valence-electron chi connectivity index (χ2n) is 6.12. The van der Waals surface area contributed by atoms with E-state index in [-0.39, 0.29) is 13.2 Å². The zero-order valence-corrected chi connectivity index (χ0v) is 18.7. The number of aryl methyl sites for hydroxylation is 1. The molecule has 0 aliphatic heterocycles. The largest absolute Gasteiger partial charge is 0.335 e. The summed E-state index contributed by atoms with van der Waals surface area (Å²) in [5.41, 5.74) is 2.23. The van der Waals surface area contributed by atoms with E-state index >= 15 is 0 Å². The predicted molar refractivity (Wildman–Crippen MR) is 115 cm³/mol. The molecule has 0 unspecified atom stereocenters. The molecule has 2 N–H and O–H groups in total. The summed E-state index contributed by atoms with van der Waals surface area (Å²) in [7, 11) is -3.78. The molecule has 0 aliphatic carbocycles. The van der Waals surface area contributed by atoms with Crippen LogP contribution in [0.2, 0.25) is 0 Å². The van der Waals surface area contributed by atoms with Crippen LogP contribution in [-0.2, 0) is 15.6 Å². The second kappa shape index (κ2) is 10.1. The molecule has 0 saturated carbocycles. The van der Waals surface area contributed by atoms with Crippen molar-refractivity contribution in [3.63, 3.8) is 0 Å². The van der Waals surface area contributed by atoms with Gasteiger partial charge in [-0.25, -0.2) is 5.09 Å². The molecule has 5 nitrogen and oxygen atoms in total. The Morgan fingerprint density at radius 3 is 2.25 bits per heavy atom. The van der Waals surface area contributed by atoms with Gasteiger partial charge in [-0.2, -0.15) is 0 Å². The highest BCUT2D eigenvalue weighted by atomic mass is 35.6. The third kappa shape index (κ3) is 6.48. The summed E-state index contributed by atoms with van der Waals surface area (Å²) in [5.74, 6) is -1.90. The van der Waals surface area contributed by atoms with Crippen LogP contribution in [0.1, 0.15) is 28.4 Å². The number of carbonyl (C=O) groups is 1. The van der Waals surface area contributed by atoms with Crippen LogP contribution in [0.25, 0.3) is 0 Å². The normalized spacial score (nSPS) is 14.9. The Kier molecular flexibility index (Phi) is 8.38. The third-order valence-corrected chi connectivity index (χ3v) is 7.45. The molecule has 1 amide bonds. The summed E-state index contributed by atoms with van der Waals surface area (Å²) < 4.78 is 17.0. The average molecular weight is 464 g/mol. The number of nitrogens with one attached hydrogen (secondary N) is 2. The first-order chi connectivity index (χ1) is 13.2. The van der Waals surface area contributed by atoms with E-state index < -0.39 is 23.0 Å². The van der Waals surface area contributed by atoms with E-state index in [2.05, 4.69) is 10.4 Å². The van der Waals surface area contributed by atoms with Crippen LogP contribution in [-0.4, -0.2) is 22.1 Å². The summed E-state index contributed by atoms with van der Waals surface area (Å²) >= 11 is 18.2. The predicted octanol–water partition coefficient (Wildman–Crippen LogP) is 5.44. The summed E-state index contributed by atoms with van der Waals surface area (Å²) in [6.07, 6.45) is 0. The van der Waals surface area contributed by atoms with Gasteiger partial charge < -0.3 is 9.84 Å². The van der Waals surface area contributed by atoms with Crippen molar-refractivity contribution < 1.29 is 13.9 Å². The van der Waals surface area contributed by atoms with Crippen molar-refractivity contribution in [2.45, 2.75) is 30.0 Å². The molecule has 2 aromatic carbocycles. The highest BCUT2D eigenvalue weighted by Gasteiger charge is 2.48. The molecule has 0 heterocycles. The van der Waals surface area contributed by atoms with Crippen LogP contribution >= 0.6 is 42.3 Å². The molecular formula is C19H22Cl3N2O3P. The number of hydrogen-bond acceptors (Lipinski definition) is 3. The number of amides is 1. The van der Waals surface area contributed by atoms with Gasteiger partial charge in [0.25, 0.3) is 13.4 Å². The lowest BCUT2D eigenvalue weighted by molar-refractivity contribution is 0.0944. The maximum absolute atomic E-state index is 13.6. The van der Waals surface area contributed by atoms with Gasteiger partial charge in [-0.05, 0) is 31.5 Å². The number of rotatable bonds is 8. The maximum atomic E-state index is 13.6. The first-order valence-corrected chi connectivity index (χ1v) is 11.5. The van der Waals surface area contributed by atoms with Gasteiger partial charge >= 0.3 is 0 Å². The fourth-order valence-corrected chi connectivity index (χ4v) is 5.67. The number of hydrogen-bond donors (Lipinski definition) is 2. The van der Waals surface area contributed by atoms with Crippen LogP contribution in [0.5, 0.6) is 0 Å². The number of alkyl halides is 3. The van der Waals surface area contributed by atoms with Crippen molar-refractivity contribution in [1.82, 2.24) is 10.4 Å². The molecule has 0 aliphatic rings. The molecule has 0 bridgehead atoms. The van der Waals surface area contributed by atoms with Crippen LogP contribution in [0.3, 0.4) is 0 Å². The molecule has 152 valence electrons. The highest BCUT2D eigenvalue weighted by molar-refractivity contribution is 7.58. The Morgan fingerprint density at radius 1 is 1.11 bits per heavy atom. The SMILES string of the molecule is CCO[P@@](=O)(NCc1ccccc1)[C@@H](NC(=O)c1ccc(C)cc1)C(Cl)(Cl)Cl. The van der Waals surface area contributed by atoms with E-state index in [9.17, 15) is 9.36 Å². The Morgan fingerprint density at radius 2 is 1.71 bits per heavy atom. The quantitative estimate of drug-likeness (QED) is 0.404. The van der Waals surface area contributed by atoms with Gasteiger partial charge in [-0.1, -0.05) is 82.8 Å². The van der Waals surface area contributed by atoms with Gasteiger partial charge in [0.1, 0.15) is 0 Å². The minimum Gasteiger partial charge on any atom is -0.335 e. The standard InChI is InChI=1S/C19H22Cl3N2O3P/c1-3-27-28(26,23-13-15-7-5-4-6-8-15)18(19(20,21)22)24-17(25)16-11-9-14(2)10-12-16/h4-12,18H,3,13H2,1-2H3,(H,23,26)(H,24,25)/t18-,28-/m1/s1. The first kappa shape index (κ1) is 23.2. The monoisotopic (exact) mass is 462 g/mol. The minimum absolute atomic E-state index is 0.108. The van der Waals surface area contributed by atoms with Gasteiger partial charge in [-0.3, -0.25) is 9.36 Å². The average Bonchev–Trinajstić information content (AvgIpc) is 2.65. The van der Waals surface area contributed by atoms with Gasteiger partial charge in [0.2, 0.25) is 3.79 Å². The van der Waals surface area contributed by atoms with Gasteiger partial charge in [0.05, 0.1) is 6.61 Å². The van der Waals surface area contributed by atoms with E-state index in [4.69, 9.17) is 39.3 Å². The zero-order chi connectivity index (χ0) is 20.8. The summed E-state index contributed by atoms with van der Waals surface area (Å²) in [4.78, 5) is 12.6. The van der Waals surface area contributed by atoms with E-state index in [1.807, 2.05) is 37.3 Å². The topological polar surface area (TPSA) is 67.4 Å². The Labute approximate surface area is 180 Å². The number of carbonyl (C=O) groups excluding carboxylic acids is 1. The minimum atomic E-state index is -3.78. The van der Waals surface area contributed by atoms with Crippen molar-refractivity contribution in [2.24, 2.45) is 0 Å². The van der Waals surface area contributed by atoms with Crippen molar-refractivity contribution in [1.29, 1.82) is 0 Å². The Bertz CT molecular complexity index is 827. The molecule has 28 heavy (non-hydrogen) atoms.